The molecule has 0 saturated heterocycles. The van der Waals surface area contributed by atoms with Gasteiger partial charge in [-0.05, 0) is 95.6 Å². The predicted molar refractivity (Wildman–Crippen MR) is 137 cm³/mol. The lowest BCUT2D eigenvalue weighted by atomic mass is 9.74. The maximum absolute atomic E-state index is 12.2. The average Bonchev–Trinajstić information content (AvgIpc) is 2.71. The summed E-state index contributed by atoms with van der Waals surface area (Å²) in [5.41, 5.74) is 2.47. The number of hydrogen-bond acceptors (Lipinski definition) is 4. The van der Waals surface area contributed by atoms with Crippen LogP contribution in [0.4, 0.5) is 0 Å². The standard InChI is InChI=1S/C24H42N2O4S2.2H2/c1-18(2)31(27,28)26-17-19(3)21-11-13-23(14-12-21)22-9-7-20(8-10-22)15-16-25-32(29,30)24(4,5)6;;/h7-10,18-19,21,23,25-26H,11-17H2,1-6H3;2*1H. The van der Waals surface area contributed by atoms with Crippen molar-refractivity contribution in [3.63, 3.8) is 0 Å². The Balaban J connectivity index is 0.00000544. The second-order valence-corrected chi connectivity index (χ2v) is 15.4. The summed E-state index contributed by atoms with van der Waals surface area (Å²) in [6, 6.07) is 8.57. The predicted octanol–water partition coefficient (Wildman–Crippen LogP) is 4.68. The van der Waals surface area contributed by atoms with Gasteiger partial charge in [0.25, 0.3) is 0 Å². The minimum Gasteiger partial charge on any atom is -0.215 e. The Labute approximate surface area is 199 Å². The zero-order valence-electron chi connectivity index (χ0n) is 20.5. The second-order valence-electron chi connectivity index (χ2n) is 10.5. The van der Waals surface area contributed by atoms with Crippen molar-refractivity contribution in [1.29, 1.82) is 0 Å². The average molecular weight is 491 g/mol. The molecule has 0 bridgehead atoms. The third kappa shape index (κ3) is 7.54. The van der Waals surface area contributed by atoms with Crippen molar-refractivity contribution in [2.24, 2.45) is 11.8 Å². The summed E-state index contributed by atoms with van der Waals surface area (Å²) in [5, 5.41) is -0.396. The van der Waals surface area contributed by atoms with Gasteiger partial charge in [0, 0.05) is 15.9 Å². The molecule has 0 spiro atoms. The van der Waals surface area contributed by atoms with Gasteiger partial charge in [-0.25, -0.2) is 26.3 Å². The largest absolute Gasteiger partial charge is 0.216 e. The highest BCUT2D eigenvalue weighted by atomic mass is 32.2. The fourth-order valence-corrected chi connectivity index (χ4v) is 5.74. The van der Waals surface area contributed by atoms with Gasteiger partial charge in [0.2, 0.25) is 20.0 Å². The topological polar surface area (TPSA) is 92.3 Å². The van der Waals surface area contributed by atoms with E-state index in [0.717, 1.165) is 31.2 Å². The molecule has 0 amide bonds. The Bertz CT molecular complexity index is 936. The van der Waals surface area contributed by atoms with E-state index in [2.05, 4.69) is 40.6 Å². The Morgan fingerprint density at radius 3 is 2.00 bits per heavy atom. The van der Waals surface area contributed by atoms with Crippen LogP contribution >= 0.6 is 0 Å². The van der Waals surface area contributed by atoms with Crippen LogP contribution in [0.5, 0.6) is 0 Å². The number of rotatable bonds is 10. The molecule has 0 heterocycles. The lowest BCUT2D eigenvalue weighted by Gasteiger charge is -2.32. The van der Waals surface area contributed by atoms with Gasteiger partial charge in [0.15, 0.2) is 0 Å². The summed E-state index contributed by atoms with van der Waals surface area (Å²) in [6.07, 6.45) is 5.15. The molecule has 0 aliphatic heterocycles. The lowest BCUT2D eigenvalue weighted by Crippen LogP contribution is -2.40. The first-order valence-corrected chi connectivity index (χ1v) is 14.8. The highest BCUT2D eigenvalue weighted by Crippen LogP contribution is 2.38. The first kappa shape index (κ1) is 27.3. The van der Waals surface area contributed by atoms with E-state index in [9.17, 15) is 16.8 Å². The normalized spacial score (nSPS) is 21.6. The second kappa shape index (κ2) is 11.0. The molecule has 6 nitrogen and oxygen atoms in total. The molecule has 32 heavy (non-hydrogen) atoms. The molecular weight excluding hydrogens is 444 g/mol. The van der Waals surface area contributed by atoms with Crippen LogP contribution in [0.25, 0.3) is 0 Å². The zero-order chi connectivity index (χ0) is 24.2. The van der Waals surface area contributed by atoms with Gasteiger partial charge in [0.1, 0.15) is 0 Å². The number of nitrogens with one attached hydrogen (secondary N) is 2. The van der Waals surface area contributed by atoms with E-state index < -0.39 is 30.0 Å². The highest BCUT2D eigenvalue weighted by molar-refractivity contribution is 7.90. The summed E-state index contributed by atoms with van der Waals surface area (Å²) in [5.74, 6) is 1.43. The van der Waals surface area contributed by atoms with Crippen LogP contribution in [0.1, 0.15) is 87.1 Å². The van der Waals surface area contributed by atoms with Gasteiger partial charge in [-0.3, -0.25) is 0 Å². The van der Waals surface area contributed by atoms with Gasteiger partial charge in [-0.1, -0.05) is 31.2 Å². The molecule has 1 fully saturated rings. The van der Waals surface area contributed by atoms with Crippen LogP contribution in [0.2, 0.25) is 0 Å². The molecule has 2 rings (SSSR count). The minimum absolute atomic E-state index is 0. The molecule has 1 saturated carbocycles. The van der Waals surface area contributed by atoms with E-state index >= 15 is 0 Å². The summed E-state index contributed by atoms with van der Waals surface area (Å²) in [7, 11) is -6.51. The third-order valence-electron chi connectivity index (χ3n) is 6.77. The van der Waals surface area contributed by atoms with Gasteiger partial charge in [-0.2, -0.15) is 0 Å². The molecule has 2 N–H and O–H groups in total. The van der Waals surface area contributed by atoms with E-state index in [1.807, 2.05) is 0 Å². The monoisotopic (exact) mass is 490 g/mol. The fraction of sp³-hybridized carbons (Fsp3) is 0.750. The van der Waals surface area contributed by atoms with Gasteiger partial charge >= 0.3 is 0 Å². The van der Waals surface area contributed by atoms with Crippen LogP contribution in [-0.4, -0.2) is 39.9 Å². The molecular formula is C24H46N2O4S2. The van der Waals surface area contributed by atoms with E-state index in [0.29, 0.717) is 37.3 Å². The number of hydrogen-bond donors (Lipinski definition) is 2. The number of sulfonamides is 2. The van der Waals surface area contributed by atoms with Crippen molar-refractivity contribution in [1.82, 2.24) is 9.44 Å². The zero-order valence-corrected chi connectivity index (χ0v) is 22.2. The van der Waals surface area contributed by atoms with Crippen LogP contribution in [0.3, 0.4) is 0 Å². The molecule has 188 valence electrons. The van der Waals surface area contributed by atoms with E-state index in [1.165, 1.54) is 5.56 Å². The summed E-state index contributed by atoms with van der Waals surface area (Å²) in [6.45, 7) is 11.6. The molecule has 1 aliphatic rings. The van der Waals surface area contributed by atoms with E-state index in [1.54, 1.807) is 34.6 Å². The molecule has 8 heteroatoms. The van der Waals surface area contributed by atoms with Crippen molar-refractivity contribution in [3.8, 4) is 0 Å². The molecule has 1 aromatic carbocycles. The maximum Gasteiger partial charge on any atom is 0.216 e. The summed E-state index contributed by atoms with van der Waals surface area (Å²) in [4.78, 5) is 0. The molecule has 1 atom stereocenters. The van der Waals surface area contributed by atoms with Gasteiger partial charge < -0.3 is 0 Å². The Morgan fingerprint density at radius 2 is 1.50 bits per heavy atom. The van der Waals surface area contributed by atoms with Crippen LogP contribution in [0.15, 0.2) is 24.3 Å². The first-order valence-electron chi connectivity index (χ1n) is 11.8. The third-order valence-corrected chi connectivity index (χ3v) is 10.8. The van der Waals surface area contributed by atoms with Crippen molar-refractivity contribution in [3.05, 3.63) is 35.4 Å². The van der Waals surface area contributed by atoms with Crippen molar-refractivity contribution < 1.29 is 19.7 Å². The number of benzene rings is 1. The molecule has 0 radical (unpaired) electrons. The Kier molecular flexibility index (Phi) is 9.36. The quantitative estimate of drug-likeness (QED) is 0.498. The van der Waals surface area contributed by atoms with E-state index in [-0.39, 0.29) is 2.85 Å². The van der Waals surface area contributed by atoms with Crippen LogP contribution in [-0.2, 0) is 26.5 Å². The van der Waals surface area contributed by atoms with E-state index in [4.69, 9.17) is 0 Å². The highest BCUT2D eigenvalue weighted by Gasteiger charge is 2.29. The summed E-state index contributed by atoms with van der Waals surface area (Å²) < 4.78 is 53.0. The molecule has 1 aromatic rings. The molecule has 1 aliphatic carbocycles. The smallest absolute Gasteiger partial charge is 0.215 e. The Morgan fingerprint density at radius 1 is 0.938 bits per heavy atom. The maximum atomic E-state index is 12.2. The Hall–Kier alpha value is -0.960. The van der Waals surface area contributed by atoms with Crippen molar-refractivity contribution in [2.75, 3.05) is 13.1 Å². The molecule has 0 aromatic heterocycles. The van der Waals surface area contributed by atoms with Crippen LogP contribution in [0, 0.1) is 11.8 Å². The minimum atomic E-state index is -3.31. The van der Waals surface area contributed by atoms with Gasteiger partial charge in [0.05, 0.1) is 10.00 Å². The first-order chi connectivity index (χ1) is 14.7. The lowest BCUT2D eigenvalue weighted by molar-refractivity contribution is 0.246. The van der Waals surface area contributed by atoms with Crippen LogP contribution < -0.4 is 9.44 Å². The molecule has 1 unspecified atom stereocenters. The van der Waals surface area contributed by atoms with Gasteiger partial charge in [-0.15, -0.1) is 0 Å². The van der Waals surface area contributed by atoms with Crippen molar-refractivity contribution >= 4 is 20.0 Å². The summed E-state index contributed by atoms with van der Waals surface area (Å²) >= 11 is 0. The fourth-order valence-electron chi connectivity index (χ4n) is 4.11. The SMILES string of the molecule is CC(CNS(=O)(=O)C(C)C)C1CCC(c2ccc(CCNS(=O)(=O)C(C)(C)C)cc2)CC1.[HH].[HH]. The van der Waals surface area contributed by atoms with Crippen molar-refractivity contribution in [2.45, 2.75) is 89.6 Å².